The van der Waals surface area contributed by atoms with Gasteiger partial charge >= 0.3 is 0 Å². The molecule has 0 radical (unpaired) electrons. The van der Waals surface area contributed by atoms with Crippen LogP contribution in [0.3, 0.4) is 0 Å². The smallest absolute Gasteiger partial charge is 0.262 e. The number of methoxy groups -OCH3 is 1. The van der Waals surface area contributed by atoms with Gasteiger partial charge in [-0.15, -0.1) is 0 Å². The van der Waals surface area contributed by atoms with Gasteiger partial charge in [0.2, 0.25) is 0 Å². The molecule has 0 amide bonds. The summed E-state index contributed by atoms with van der Waals surface area (Å²) in [4.78, 5) is 12.9. The lowest BCUT2D eigenvalue weighted by atomic mass is 10.1. The van der Waals surface area contributed by atoms with Crippen molar-refractivity contribution in [3.8, 4) is 5.75 Å². The fourth-order valence-corrected chi connectivity index (χ4v) is 2.99. The third-order valence-corrected chi connectivity index (χ3v) is 4.13. The minimum absolute atomic E-state index is 0.0384. The number of hydrogen-bond donors (Lipinski definition) is 1. The molecule has 4 nitrogen and oxygen atoms in total. The molecule has 0 aliphatic heterocycles. The van der Waals surface area contributed by atoms with Gasteiger partial charge < -0.3 is 9.84 Å². The standard InChI is InChI=1S/C19H19NO3/c1-13-16(10-11-21)17-12-15(23-2)8-9-18(17)20(13)19(22)14-6-4-3-5-7-14/h3-9,12,21H,10-11H2,1-2H3. The second-order valence-electron chi connectivity index (χ2n) is 5.43. The van der Waals surface area contributed by atoms with Crippen molar-refractivity contribution >= 4 is 16.8 Å². The van der Waals surface area contributed by atoms with Crippen molar-refractivity contribution in [1.82, 2.24) is 4.57 Å². The van der Waals surface area contributed by atoms with Gasteiger partial charge in [0.15, 0.2) is 0 Å². The van der Waals surface area contributed by atoms with E-state index in [0.717, 1.165) is 27.9 Å². The molecule has 1 aromatic heterocycles. The summed E-state index contributed by atoms with van der Waals surface area (Å²) in [6.07, 6.45) is 0.505. The van der Waals surface area contributed by atoms with Gasteiger partial charge in [0.25, 0.3) is 5.91 Å². The number of fused-ring (bicyclic) bond motifs is 1. The van der Waals surface area contributed by atoms with Crippen LogP contribution < -0.4 is 4.74 Å². The number of ether oxygens (including phenoxy) is 1. The molecular formula is C19H19NO3. The fraction of sp³-hybridized carbons (Fsp3) is 0.211. The zero-order valence-corrected chi connectivity index (χ0v) is 13.2. The van der Waals surface area contributed by atoms with E-state index in [4.69, 9.17) is 4.74 Å². The van der Waals surface area contributed by atoms with Crippen LogP contribution in [0, 0.1) is 6.92 Å². The second-order valence-corrected chi connectivity index (χ2v) is 5.43. The van der Waals surface area contributed by atoms with Gasteiger partial charge in [0.1, 0.15) is 5.75 Å². The van der Waals surface area contributed by atoms with E-state index in [0.29, 0.717) is 12.0 Å². The van der Waals surface area contributed by atoms with Crippen LogP contribution in [0.5, 0.6) is 5.75 Å². The van der Waals surface area contributed by atoms with Crippen LogP contribution in [0.4, 0.5) is 0 Å². The van der Waals surface area contributed by atoms with Gasteiger partial charge in [0, 0.05) is 23.3 Å². The zero-order chi connectivity index (χ0) is 16.4. The van der Waals surface area contributed by atoms with Crippen molar-refractivity contribution < 1.29 is 14.6 Å². The van der Waals surface area contributed by atoms with E-state index in [1.807, 2.05) is 55.5 Å². The maximum absolute atomic E-state index is 12.9. The number of aliphatic hydroxyl groups excluding tert-OH is 1. The van der Waals surface area contributed by atoms with Crippen LogP contribution in [0.2, 0.25) is 0 Å². The molecule has 1 N–H and O–H groups in total. The maximum Gasteiger partial charge on any atom is 0.262 e. The van der Waals surface area contributed by atoms with Gasteiger partial charge in [-0.2, -0.15) is 0 Å². The third kappa shape index (κ3) is 2.62. The highest BCUT2D eigenvalue weighted by Crippen LogP contribution is 2.30. The first kappa shape index (κ1) is 15.3. The summed E-state index contributed by atoms with van der Waals surface area (Å²) in [5.74, 6) is 0.670. The Hall–Kier alpha value is -2.59. The summed E-state index contributed by atoms with van der Waals surface area (Å²) in [6.45, 7) is 1.95. The highest BCUT2D eigenvalue weighted by atomic mass is 16.5. The molecule has 0 unspecified atom stereocenters. The van der Waals surface area contributed by atoms with Crippen LogP contribution in [0.15, 0.2) is 48.5 Å². The van der Waals surface area contributed by atoms with E-state index >= 15 is 0 Å². The molecule has 2 aromatic carbocycles. The number of carbonyl (C=O) groups is 1. The topological polar surface area (TPSA) is 51.5 Å². The minimum atomic E-state index is -0.0672. The Labute approximate surface area is 134 Å². The lowest BCUT2D eigenvalue weighted by molar-refractivity contribution is 0.0963. The molecule has 0 atom stereocenters. The molecule has 118 valence electrons. The number of benzene rings is 2. The van der Waals surface area contributed by atoms with E-state index in [1.165, 1.54) is 0 Å². The molecule has 23 heavy (non-hydrogen) atoms. The van der Waals surface area contributed by atoms with Crippen LogP contribution in [0.25, 0.3) is 10.9 Å². The summed E-state index contributed by atoms with van der Waals surface area (Å²) in [5, 5.41) is 10.3. The first-order valence-electron chi connectivity index (χ1n) is 7.56. The first-order valence-corrected chi connectivity index (χ1v) is 7.56. The van der Waals surface area contributed by atoms with Crippen LogP contribution >= 0.6 is 0 Å². The quantitative estimate of drug-likeness (QED) is 0.805. The van der Waals surface area contributed by atoms with E-state index < -0.39 is 0 Å². The average molecular weight is 309 g/mol. The van der Waals surface area contributed by atoms with E-state index in [2.05, 4.69) is 0 Å². The Balaban J connectivity index is 2.24. The van der Waals surface area contributed by atoms with Gasteiger partial charge in [-0.3, -0.25) is 9.36 Å². The van der Waals surface area contributed by atoms with Crippen molar-refractivity contribution in [2.45, 2.75) is 13.3 Å². The molecule has 4 heteroatoms. The molecule has 0 fully saturated rings. The van der Waals surface area contributed by atoms with Crippen LogP contribution in [-0.4, -0.2) is 29.3 Å². The molecule has 3 aromatic rings. The Morgan fingerprint density at radius 3 is 2.57 bits per heavy atom. The molecule has 0 aliphatic rings. The van der Waals surface area contributed by atoms with Gasteiger partial charge in [-0.05, 0) is 49.2 Å². The Morgan fingerprint density at radius 1 is 1.17 bits per heavy atom. The predicted molar refractivity (Wildman–Crippen MR) is 90.2 cm³/mol. The molecule has 3 rings (SSSR count). The van der Waals surface area contributed by atoms with E-state index in [-0.39, 0.29) is 12.5 Å². The van der Waals surface area contributed by atoms with Crippen molar-refractivity contribution in [2.75, 3.05) is 13.7 Å². The Bertz CT molecular complexity index is 850. The van der Waals surface area contributed by atoms with E-state index in [9.17, 15) is 9.90 Å². The largest absolute Gasteiger partial charge is 0.497 e. The number of hydrogen-bond acceptors (Lipinski definition) is 3. The lowest BCUT2D eigenvalue weighted by Gasteiger charge is -2.07. The zero-order valence-electron chi connectivity index (χ0n) is 13.2. The number of aliphatic hydroxyl groups is 1. The molecular weight excluding hydrogens is 290 g/mol. The van der Waals surface area contributed by atoms with Crippen LogP contribution in [0.1, 0.15) is 21.6 Å². The Kier molecular flexibility index (Phi) is 4.17. The van der Waals surface area contributed by atoms with Crippen molar-refractivity contribution in [2.24, 2.45) is 0 Å². The normalized spacial score (nSPS) is 10.9. The number of aromatic nitrogens is 1. The van der Waals surface area contributed by atoms with Crippen molar-refractivity contribution in [3.63, 3.8) is 0 Å². The van der Waals surface area contributed by atoms with E-state index in [1.54, 1.807) is 11.7 Å². The molecule has 0 saturated carbocycles. The average Bonchev–Trinajstić information content (AvgIpc) is 2.87. The van der Waals surface area contributed by atoms with Gasteiger partial charge in [-0.1, -0.05) is 18.2 Å². The summed E-state index contributed by atoms with van der Waals surface area (Å²) in [5.41, 5.74) is 3.31. The molecule has 0 spiro atoms. The summed E-state index contributed by atoms with van der Waals surface area (Å²) in [6, 6.07) is 14.9. The highest BCUT2D eigenvalue weighted by molar-refractivity contribution is 6.04. The fourth-order valence-electron chi connectivity index (χ4n) is 2.99. The summed E-state index contributed by atoms with van der Waals surface area (Å²) in [7, 11) is 1.62. The number of rotatable bonds is 4. The number of carbonyl (C=O) groups excluding carboxylic acids is 1. The maximum atomic E-state index is 12.9. The van der Waals surface area contributed by atoms with Gasteiger partial charge in [0.05, 0.1) is 12.6 Å². The minimum Gasteiger partial charge on any atom is -0.497 e. The molecule has 0 saturated heterocycles. The second kappa shape index (κ2) is 6.26. The predicted octanol–water partition coefficient (Wildman–Crippen LogP) is 3.18. The summed E-state index contributed by atoms with van der Waals surface area (Å²) < 4.78 is 7.01. The number of nitrogens with zero attached hydrogens (tertiary/aromatic N) is 1. The van der Waals surface area contributed by atoms with Gasteiger partial charge in [-0.25, -0.2) is 0 Å². The third-order valence-electron chi connectivity index (χ3n) is 4.13. The molecule has 1 heterocycles. The lowest BCUT2D eigenvalue weighted by Crippen LogP contribution is -2.13. The van der Waals surface area contributed by atoms with Crippen molar-refractivity contribution in [1.29, 1.82) is 0 Å². The molecule has 0 bridgehead atoms. The summed E-state index contributed by atoms with van der Waals surface area (Å²) >= 11 is 0. The SMILES string of the molecule is COc1ccc2c(c1)c(CCO)c(C)n2C(=O)c1ccccc1. The molecule has 0 aliphatic carbocycles. The monoisotopic (exact) mass is 309 g/mol. The Morgan fingerprint density at radius 2 is 1.91 bits per heavy atom. The van der Waals surface area contributed by atoms with Crippen LogP contribution in [-0.2, 0) is 6.42 Å². The highest BCUT2D eigenvalue weighted by Gasteiger charge is 2.19. The first-order chi connectivity index (χ1) is 11.2. The van der Waals surface area contributed by atoms with Crippen molar-refractivity contribution in [3.05, 3.63) is 65.4 Å².